The van der Waals surface area contributed by atoms with Gasteiger partial charge in [0.25, 0.3) is 0 Å². The monoisotopic (exact) mass is 277 g/mol. The third kappa shape index (κ3) is 1.98. The molecular weight excluding hydrogens is 258 g/mol. The van der Waals surface area contributed by atoms with Gasteiger partial charge in [0.1, 0.15) is 5.78 Å². The molecular formula is C19H19NO. The van der Waals surface area contributed by atoms with Crippen molar-refractivity contribution in [3.05, 3.63) is 66.2 Å². The molecule has 0 N–H and O–H groups in total. The van der Waals surface area contributed by atoms with Crippen molar-refractivity contribution >= 4 is 11.5 Å². The highest BCUT2D eigenvalue weighted by Crippen LogP contribution is 2.60. The van der Waals surface area contributed by atoms with Gasteiger partial charge in [-0.1, -0.05) is 48.5 Å². The van der Waals surface area contributed by atoms with E-state index in [0.717, 1.165) is 19.4 Å². The largest absolute Gasteiger partial charge is 0.363 e. The van der Waals surface area contributed by atoms with Crippen LogP contribution in [0.1, 0.15) is 30.9 Å². The van der Waals surface area contributed by atoms with Crippen LogP contribution in [0.15, 0.2) is 60.7 Å². The average Bonchev–Trinajstić information content (AvgIpc) is 3.33. The molecule has 1 aliphatic carbocycles. The van der Waals surface area contributed by atoms with Gasteiger partial charge in [0.05, 0.1) is 11.5 Å². The van der Waals surface area contributed by atoms with Gasteiger partial charge in [-0.3, -0.25) is 4.79 Å². The Balaban J connectivity index is 1.81. The maximum absolute atomic E-state index is 12.5. The average molecular weight is 277 g/mol. The van der Waals surface area contributed by atoms with Crippen molar-refractivity contribution in [3.8, 4) is 0 Å². The van der Waals surface area contributed by atoms with E-state index in [1.807, 2.05) is 12.1 Å². The molecule has 1 aliphatic heterocycles. The third-order valence-corrected chi connectivity index (χ3v) is 4.96. The van der Waals surface area contributed by atoms with Gasteiger partial charge in [-0.05, 0) is 30.5 Å². The van der Waals surface area contributed by atoms with E-state index in [-0.39, 0.29) is 11.5 Å². The van der Waals surface area contributed by atoms with Crippen LogP contribution in [0.2, 0.25) is 0 Å². The Labute approximate surface area is 125 Å². The number of nitrogens with zero attached hydrogens (tertiary/aromatic N) is 1. The van der Waals surface area contributed by atoms with Gasteiger partial charge in [-0.25, -0.2) is 0 Å². The Morgan fingerprint density at radius 1 is 0.905 bits per heavy atom. The fourth-order valence-electron chi connectivity index (χ4n) is 3.77. The predicted molar refractivity (Wildman–Crippen MR) is 84.3 cm³/mol. The number of ketones is 1. The molecule has 21 heavy (non-hydrogen) atoms. The van der Waals surface area contributed by atoms with Gasteiger partial charge in [-0.15, -0.1) is 0 Å². The first kappa shape index (κ1) is 12.6. The molecule has 2 aliphatic rings. The highest BCUT2D eigenvalue weighted by atomic mass is 16.1. The summed E-state index contributed by atoms with van der Waals surface area (Å²) in [6.07, 6.45) is 2.75. The number of hydrogen-bond acceptors (Lipinski definition) is 2. The molecule has 2 nitrogen and oxygen atoms in total. The minimum absolute atomic E-state index is 0.130. The lowest BCUT2D eigenvalue weighted by Gasteiger charge is -2.43. The van der Waals surface area contributed by atoms with E-state index in [1.54, 1.807) is 0 Å². The van der Waals surface area contributed by atoms with Gasteiger partial charge in [0, 0.05) is 18.7 Å². The molecule has 2 fully saturated rings. The van der Waals surface area contributed by atoms with Crippen molar-refractivity contribution in [1.29, 1.82) is 0 Å². The van der Waals surface area contributed by atoms with Crippen molar-refractivity contribution in [2.45, 2.75) is 25.3 Å². The highest BCUT2D eigenvalue weighted by molar-refractivity contribution is 5.91. The van der Waals surface area contributed by atoms with Crippen LogP contribution in [0.3, 0.4) is 0 Å². The topological polar surface area (TPSA) is 20.3 Å². The number of rotatable bonds is 2. The van der Waals surface area contributed by atoms with Crippen molar-refractivity contribution in [3.63, 3.8) is 0 Å². The van der Waals surface area contributed by atoms with E-state index in [2.05, 4.69) is 53.4 Å². The van der Waals surface area contributed by atoms with Crippen LogP contribution < -0.4 is 4.90 Å². The van der Waals surface area contributed by atoms with Crippen molar-refractivity contribution in [2.24, 2.45) is 5.41 Å². The number of piperidine rings is 1. The lowest BCUT2D eigenvalue weighted by atomic mass is 9.80. The van der Waals surface area contributed by atoms with Gasteiger partial charge < -0.3 is 4.90 Å². The molecule has 1 atom stereocenters. The van der Waals surface area contributed by atoms with E-state index in [1.165, 1.54) is 11.3 Å². The summed E-state index contributed by atoms with van der Waals surface area (Å²) in [5, 5.41) is 0. The molecule has 1 unspecified atom stereocenters. The second-order valence-corrected chi connectivity index (χ2v) is 6.17. The molecule has 2 aromatic carbocycles. The normalized spacial score (nSPS) is 23.3. The minimum atomic E-state index is -0.130. The number of carbonyl (C=O) groups is 1. The zero-order valence-electron chi connectivity index (χ0n) is 12.0. The fraction of sp³-hybridized carbons (Fsp3) is 0.316. The molecule has 4 rings (SSSR count). The van der Waals surface area contributed by atoms with Gasteiger partial charge >= 0.3 is 0 Å². The van der Waals surface area contributed by atoms with E-state index < -0.39 is 0 Å². The molecule has 1 heterocycles. The number of benzene rings is 2. The summed E-state index contributed by atoms with van der Waals surface area (Å²) in [5.41, 5.74) is 2.37. The SMILES string of the molecule is O=C1CCN(c2ccccc2)C(c2ccccc2)C12CC2. The summed E-state index contributed by atoms with van der Waals surface area (Å²) in [6.45, 7) is 0.824. The Morgan fingerprint density at radius 3 is 2.14 bits per heavy atom. The number of para-hydroxylation sites is 1. The molecule has 106 valence electrons. The van der Waals surface area contributed by atoms with Crippen LogP contribution in [0.4, 0.5) is 5.69 Å². The van der Waals surface area contributed by atoms with Crippen LogP contribution in [0.25, 0.3) is 0 Å². The predicted octanol–water partition coefficient (Wildman–Crippen LogP) is 3.99. The van der Waals surface area contributed by atoms with Crippen LogP contribution in [-0.2, 0) is 4.79 Å². The number of Topliss-reactive ketones (excluding diaryl/α,β-unsaturated/α-hetero) is 1. The Morgan fingerprint density at radius 2 is 1.52 bits per heavy atom. The lowest BCUT2D eigenvalue weighted by Crippen LogP contribution is -2.45. The minimum Gasteiger partial charge on any atom is -0.363 e. The molecule has 1 spiro atoms. The van der Waals surface area contributed by atoms with E-state index in [0.29, 0.717) is 12.2 Å². The second kappa shape index (κ2) is 4.73. The maximum atomic E-state index is 12.5. The van der Waals surface area contributed by atoms with Crippen LogP contribution in [-0.4, -0.2) is 12.3 Å². The molecule has 0 aromatic heterocycles. The quantitative estimate of drug-likeness (QED) is 0.827. The number of carbonyl (C=O) groups excluding carboxylic acids is 1. The molecule has 0 bridgehead atoms. The molecule has 1 saturated heterocycles. The standard InChI is InChI=1S/C19H19NO/c21-17-11-14-20(16-9-5-2-6-10-16)18(19(17)12-13-19)15-7-3-1-4-8-15/h1-10,18H,11-14H2. The molecule has 2 aromatic rings. The lowest BCUT2D eigenvalue weighted by molar-refractivity contribution is -0.126. The molecule has 2 heteroatoms. The summed E-state index contributed by atoms with van der Waals surface area (Å²) in [5.74, 6) is 0.462. The highest BCUT2D eigenvalue weighted by Gasteiger charge is 2.59. The summed E-state index contributed by atoms with van der Waals surface area (Å²) in [6, 6.07) is 21.2. The van der Waals surface area contributed by atoms with Crippen molar-refractivity contribution in [1.82, 2.24) is 0 Å². The maximum Gasteiger partial charge on any atom is 0.143 e. The molecule has 1 saturated carbocycles. The van der Waals surface area contributed by atoms with Gasteiger partial charge in [0.2, 0.25) is 0 Å². The first-order valence-corrected chi connectivity index (χ1v) is 7.71. The van der Waals surface area contributed by atoms with E-state index >= 15 is 0 Å². The van der Waals surface area contributed by atoms with Crippen LogP contribution >= 0.6 is 0 Å². The van der Waals surface area contributed by atoms with Crippen molar-refractivity contribution < 1.29 is 4.79 Å². The Kier molecular flexibility index (Phi) is 2.85. The zero-order chi connectivity index (χ0) is 14.3. The third-order valence-electron chi connectivity index (χ3n) is 4.96. The number of anilines is 1. The fourth-order valence-corrected chi connectivity index (χ4v) is 3.77. The van der Waals surface area contributed by atoms with Crippen LogP contribution in [0.5, 0.6) is 0 Å². The van der Waals surface area contributed by atoms with Crippen molar-refractivity contribution in [2.75, 3.05) is 11.4 Å². The molecule has 0 amide bonds. The number of hydrogen-bond donors (Lipinski definition) is 0. The smallest absolute Gasteiger partial charge is 0.143 e. The van der Waals surface area contributed by atoms with E-state index in [9.17, 15) is 4.79 Å². The van der Waals surface area contributed by atoms with E-state index in [4.69, 9.17) is 0 Å². The molecule has 0 radical (unpaired) electrons. The summed E-state index contributed by atoms with van der Waals surface area (Å²) in [7, 11) is 0. The summed E-state index contributed by atoms with van der Waals surface area (Å²) in [4.78, 5) is 14.9. The zero-order valence-corrected chi connectivity index (χ0v) is 12.0. The summed E-state index contributed by atoms with van der Waals surface area (Å²) < 4.78 is 0. The second-order valence-electron chi connectivity index (χ2n) is 6.17. The van der Waals surface area contributed by atoms with Gasteiger partial charge in [-0.2, -0.15) is 0 Å². The first-order chi connectivity index (χ1) is 10.3. The summed E-state index contributed by atoms with van der Waals surface area (Å²) >= 11 is 0. The first-order valence-electron chi connectivity index (χ1n) is 7.71. The Bertz CT molecular complexity index is 646. The van der Waals surface area contributed by atoms with Gasteiger partial charge in [0.15, 0.2) is 0 Å². The Hall–Kier alpha value is -2.09. The van der Waals surface area contributed by atoms with Crippen LogP contribution in [0, 0.1) is 5.41 Å².